The summed E-state index contributed by atoms with van der Waals surface area (Å²) < 4.78 is 41.8. The number of nitrogens with one attached hydrogen (secondary N) is 2. The third-order valence-electron chi connectivity index (χ3n) is 4.27. The SMILES string of the molecule is CC[C@H](C)Nc1nc(Nc2cc(Cl)ccc2Cl)cc(-c2cccc(OC(F)(F)F)c2)n1. The van der Waals surface area contributed by atoms with Gasteiger partial charge in [-0.3, -0.25) is 0 Å². The number of hydrogen-bond acceptors (Lipinski definition) is 5. The van der Waals surface area contributed by atoms with Crippen LogP contribution in [0.2, 0.25) is 10.0 Å². The Balaban J connectivity index is 2.01. The Bertz CT molecular complexity index is 1060. The van der Waals surface area contributed by atoms with Gasteiger partial charge in [0.1, 0.15) is 11.6 Å². The number of halogens is 5. The second-order valence-corrected chi connectivity index (χ2v) is 7.58. The van der Waals surface area contributed by atoms with Crippen molar-refractivity contribution in [3.05, 3.63) is 58.6 Å². The Morgan fingerprint density at radius 3 is 2.55 bits per heavy atom. The highest BCUT2D eigenvalue weighted by atomic mass is 35.5. The van der Waals surface area contributed by atoms with Gasteiger partial charge in [-0.2, -0.15) is 4.98 Å². The van der Waals surface area contributed by atoms with Crippen molar-refractivity contribution in [2.45, 2.75) is 32.7 Å². The van der Waals surface area contributed by atoms with Crippen LogP contribution in [0.1, 0.15) is 20.3 Å². The molecule has 2 aromatic carbocycles. The van der Waals surface area contributed by atoms with Crippen molar-refractivity contribution in [2.24, 2.45) is 0 Å². The number of alkyl halides is 3. The lowest BCUT2D eigenvalue weighted by molar-refractivity contribution is -0.274. The van der Waals surface area contributed by atoms with E-state index in [1.54, 1.807) is 30.3 Å². The minimum Gasteiger partial charge on any atom is -0.406 e. The van der Waals surface area contributed by atoms with Gasteiger partial charge in [0.15, 0.2) is 0 Å². The molecular weight excluding hydrogens is 452 g/mol. The molecule has 31 heavy (non-hydrogen) atoms. The molecule has 0 amide bonds. The van der Waals surface area contributed by atoms with Gasteiger partial charge in [0.2, 0.25) is 5.95 Å². The topological polar surface area (TPSA) is 59.1 Å². The molecule has 0 aliphatic heterocycles. The lowest BCUT2D eigenvalue weighted by Gasteiger charge is -2.16. The summed E-state index contributed by atoms with van der Waals surface area (Å²) in [6.45, 7) is 3.97. The second-order valence-electron chi connectivity index (χ2n) is 6.74. The summed E-state index contributed by atoms with van der Waals surface area (Å²) in [7, 11) is 0. The minimum atomic E-state index is -4.79. The van der Waals surface area contributed by atoms with Gasteiger partial charge >= 0.3 is 6.36 Å². The van der Waals surface area contributed by atoms with E-state index in [9.17, 15) is 13.2 Å². The Kier molecular flexibility index (Phi) is 7.12. The van der Waals surface area contributed by atoms with Crippen LogP contribution in [-0.4, -0.2) is 22.4 Å². The molecular formula is C21H19Cl2F3N4O. The zero-order chi connectivity index (χ0) is 22.6. The van der Waals surface area contributed by atoms with E-state index < -0.39 is 6.36 Å². The molecule has 3 aromatic rings. The van der Waals surface area contributed by atoms with Crippen molar-refractivity contribution in [2.75, 3.05) is 10.6 Å². The third kappa shape index (κ3) is 6.63. The molecule has 5 nitrogen and oxygen atoms in total. The van der Waals surface area contributed by atoms with Gasteiger partial charge in [0.05, 0.1) is 16.4 Å². The number of anilines is 3. The van der Waals surface area contributed by atoms with Gasteiger partial charge in [-0.05, 0) is 43.7 Å². The Morgan fingerprint density at radius 2 is 1.84 bits per heavy atom. The number of ether oxygens (including phenoxy) is 1. The fraction of sp³-hybridized carbons (Fsp3) is 0.238. The van der Waals surface area contributed by atoms with E-state index in [2.05, 4.69) is 25.3 Å². The maximum absolute atomic E-state index is 12.6. The molecule has 0 saturated heterocycles. The lowest BCUT2D eigenvalue weighted by atomic mass is 10.1. The summed E-state index contributed by atoms with van der Waals surface area (Å²) in [4.78, 5) is 8.90. The van der Waals surface area contributed by atoms with Gasteiger partial charge in [0, 0.05) is 22.7 Å². The van der Waals surface area contributed by atoms with Crippen LogP contribution in [-0.2, 0) is 0 Å². The highest BCUT2D eigenvalue weighted by Gasteiger charge is 2.31. The van der Waals surface area contributed by atoms with E-state index in [1.807, 2.05) is 13.8 Å². The van der Waals surface area contributed by atoms with Crippen LogP contribution >= 0.6 is 23.2 Å². The van der Waals surface area contributed by atoms with Gasteiger partial charge in [-0.15, -0.1) is 13.2 Å². The van der Waals surface area contributed by atoms with Crippen LogP contribution in [0.25, 0.3) is 11.3 Å². The number of rotatable bonds is 7. The fourth-order valence-electron chi connectivity index (χ4n) is 2.63. The van der Waals surface area contributed by atoms with Crippen LogP contribution in [0.15, 0.2) is 48.5 Å². The Hall–Kier alpha value is -2.71. The lowest BCUT2D eigenvalue weighted by Crippen LogP contribution is -2.17. The first-order chi connectivity index (χ1) is 14.6. The van der Waals surface area contributed by atoms with E-state index in [1.165, 1.54) is 18.2 Å². The molecule has 1 aromatic heterocycles. The monoisotopic (exact) mass is 470 g/mol. The summed E-state index contributed by atoms with van der Waals surface area (Å²) in [6.07, 6.45) is -3.96. The summed E-state index contributed by atoms with van der Waals surface area (Å²) in [5.41, 5.74) is 1.35. The zero-order valence-corrected chi connectivity index (χ0v) is 18.1. The predicted molar refractivity (Wildman–Crippen MR) is 117 cm³/mol. The normalized spacial score (nSPS) is 12.4. The maximum Gasteiger partial charge on any atom is 0.573 e. The third-order valence-corrected chi connectivity index (χ3v) is 4.83. The van der Waals surface area contributed by atoms with Crippen molar-refractivity contribution in [1.29, 1.82) is 0 Å². The van der Waals surface area contributed by atoms with Gasteiger partial charge in [-0.1, -0.05) is 42.3 Å². The summed E-state index contributed by atoms with van der Waals surface area (Å²) in [6, 6.07) is 12.2. The predicted octanol–water partition coefficient (Wildman–Crippen LogP) is 7.30. The molecule has 2 N–H and O–H groups in total. The Morgan fingerprint density at radius 1 is 1.06 bits per heavy atom. The Labute approximate surface area is 187 Å². The van der Waals surface area contributed by atoms with Crippen LogP contribution in [0.3, 0.4) is 0 Å². The molecule has 1 atom stereocenters. The highest BCUT2D eigenvalue weighted by molar-refractivity contribution is 6.35. The first-order valence-electron chi connectivity index (χ1n) is 9.37. The first kappa shape index (κ1) is 23.0. The van der Waals surface area contributed by atoms with Gasteiger partial charge < -0.3 is 15.4 Å². The standard InChI is InChI=1S/C21H19Cl2F3N4O/c1-3-12(2)27-20-29-17(13-5-4-6-15(9-13)31-21(24,25)26)11-19(30-20)28-18-10-14(22)7-8-16(18)23/h4-12H,3H2,1-2H3,(H2,27,28,29,30)/t12-/m0/s1. The van der Waals surface area contributed by atoms with Crippen molar-refractivity contribution < 1.29 is 17.9 Å². The largest absolute Gasteiger partial charge is 0.573 e. The zero-order valence-electron chi connectivity index (χ0n) is 16.6. The maximum atomic E-state index is 12.6. The molecule has 164 valence electrons. The summed E-state index contributed by atoms with van der Waals surface area (Å²) in [5, 5.41) is 7.18. The summed E-state index contributed by atoms with van der Waals surface area (Å²) in [5.74, 6) is 0.365. The van der Waals surface area contributed by atoms with Crippen molar-refractivity contribution in [3.63, 3.8) is 0 Å². The fourth-order valence-corrected chi connectivity index (χ4v) is 2.97. The highest BCUT2D eigenvalue weighted by Crippen LogP contribution is 2.31. The van der Waals surface area contributed by atoms with Crippen LogP contribution in [0.4, 0.5) is 30.6 Å². The second kappa shape index (κ2) is 9.62. The van der Waals surface area contributed by atoms with E-state index in [4.69, 9.17) is 23.2 Å². The van der Waals surface area contributed by atoms with Crippen molar-refractivity contribution in [1.82, 2.24) is 9.97 Å². The molecule has 0 aliphatic carbocycles. The number of nitrogens with zero attached hydrogens (tertiary/aromatic N) is 2. The smallest absolute Gasteiger partial charge is 0.406 e. The molecule has 1 heterocycles. The van der Waals surface area contributed by atoms with Crippen LogP contribution < -0.4 is 15.4 Å². The summed E-state index contributed by atoms with van der Waals surface area (Å²) >= 11 is 12.3. The molecule has 0 spiro atoms. The number of benzene rings is 2. The molecule has 0 aliphatic rings. The molecule has 0 unspecified atom stereocenters. The van der Waals surface area contributed by atoms with Crippen molar-refractivity contribution in [3.8, 4) is 17.0 Å². The quantitative estimate of drug-likeness (QED) is 0.379. The van der Waals surface area contributed by atoms with E-state index in [0.29, 0.717) is 38.8 Å². The van der Waals surface area contributed by atoms with E-state index in [-0.39, 0.29) is 11.8 Å². The molecule has 0 saturated carbocycles. The first-order valence-corrected chi connectivity index (χ1v) is 10.1. The van der Waals surface area contributed by atoms with Gasteiger partial charge in [0.25, 0.3) is 0 Å². The van der Waals surface area contributed by atoms with Gasteiger partial charge in [-0.25, -0.2) is 4.98 Å². The molecule has 0 radical (unpaired) electrons. The molecule has 0 bridgehead atoms. The molecule has 0 fully saturated rings. The van der Waals surface area contributed by atoms with E-state index >= 15 is 0 Å². The molecule has 10 heteroatoms. The number of hydrogen-bond donors (Lipinski definition) is 2. The van der Waals surface area contributed by atoms with Crippen LogP contribution in [0.5, 0.6) is 5.75 Å². The molecule has 3 rings (SSSR count). The van der Waals surface area contributed by atoms with Crippen molar-refractivity contribution >= 4 is 40.7 Å². The number of aromatic nitrogens is 2. The van der Waals surface area contributed by atoms with Crippen LogP contribution in [0, 0.1) is 0 Å². The average molecular weight is 471 g/mol. The minimum absolute atomic E-state index is 0.0813. The van der Waals surface area contributed by atoms with E-state index in [0.717, 1.165) is 6.42 Å². The average Bonchev–Trinajstić information content (AvgIpc) is 2.69.